The first kappa shape index (κ1) is 23.3. The lowest BCUT2D eigenvalue weighted by atomic mass is 10.1. The standard InChI is InChI=1S/C23H33N3O4/c1-5-24-23(26-16-19-14-20(29-4)9-10-21(19)27)25-15-18-8-7-17(2)13-22(18)30-12-6-11-28-3/h7-10,13-14,27H,5-6,11-12,15-16H2,1-4H3,(H2,24,25,26). The van der Waals surface area contributed by atoms with Crippen LogP contribution in [0.1, 0.15) is 30.0 Å². The number of rotatable bonds is 11. The third kappa shape index (κ3) is 7.48. The van der Waals surface area contributed by atoms with Crippen LogP contribution in [0.15, 0.2) is 41.4 Å². The highest BCUT2D eigenvalue weighted by molar-refractivity contribution is 5.79. The summed E-state index contributed by atoms with van der Waals surface area (Å²) >= 11 is 0. The van der Waals surface area contributed by atoms with E-state index in [1.54, 1.807) is 32.4 Å². The van der Waals surface area contributed by atoms with Crippen molar-refractivity contribution < 1.29 is 19.3 Å². The number of benzene rings is 2. The molecular formula is C23H33N3O4. The van der Waals surface area contributed by atoms with Crippen LogP contribution >= 0.6 is 0 Å². The number of aromatic hydroxyl groups is 1. The Hall–Kier alpha value is -2.93. The highest BCUT2D eigenvalue weighted by Crippen LogP contribution is 2.23. The van der Waals surface area contributed by atoms with Gasteiger partial charge in [0.25, 0.3) is 0 Å². The van der Waals surface area contributed by atoms with E-state index in [0.717, 1.165) is 29.8 Å². The molecule has 2 rings (SSSR count). The number of phenols is 1. The molecule has 0 bridgehead atoms. The number of guanidine groups is 1. The Morgan fingerprint density at radius 1 is 1.03 bits per heavy atom. The highest BCUT2D eigenvalue weighted by atomic mass is 16.5. The summed E-state index contributed by atoms with van der Waals surface area (Å²) < 4.78 is 16.3. The molecule has 0 unspecified atom stereocenters. The number of aliphatic imine (C=N–C) groups is 1. The van der Waals surface area contributed by atoms with Crippen LogP contribution in [0.5, 0.6) is 17.2 Å². The second kappa shape index (κ2) is 12.6. The molecule has 0 amide bonds. The Kier molecular flexibility index (Phi) is 9.80. The van der Waals surface area contributed by atoms with E-state index in [1.807, 2.05) is 19.9 Å². The van der Waals surface area contributed by atoms with Gasteiger partial charge in [0.2, 0.25) is 0 Å². The molecular weight excluding hydrogens is 382 g/mol. The van der Waals surface area contributed by atoms with Gasteiger partial charge in [-0.05, 0) is 43.7 Å². The summed E-state index contributed by atoms with van der Waals surface area (Å²) in [5, 5.41) is 16.6. The number of aryl methyl sites for hydroxylation is 1. The van der Waals surface area contributed by atoms with Gasteiger partial charge >= 0.3 is 0 Å². The van der Waals surface area contributed by atoms with Crippen LogP contribution in [0.3, 0.4) is 0 Å². The minimum Gasteiger partial charge on any atom is -0.508 e. The quantitative estimate of drug-likeness (QED) is 0.296. The van der Waals surface area contributed by atoms with Gasteiger partial charge in [-0.3, -0.25) is 0 Å². The second-order valence-corrected chi connectivity index (χ2v) is 6.85. The number of phenolic OH excluding ortho intramolecular Hbond substituents is 1. The molecule has 0 aliphatic rings. The topological polar surface area (TPSA) is 84.3 Å². The molecule has 0 aliphatic heterocycles. The first-order chi connectivity index (χ1) is 14.6. The Morgan fingerprint density at radius 2 is 1.87 bits per heavy atom. The fourth-order valence-electron chi connectivity index (χ4n) is 2.83. The van der Waals surface area contributed by atoms with E-state index < -0.39 is 0 Å². The Morgan fingerprint density at radius 3 is 2.60 bits per heavy atom. The molecule has 3 N–H and O–H groups in total. The average Bonchev–Trinajstić information content (AvgIpc) is 2.75. The SMILES string of the molecule is CCNC(=NCc1cc(OC)ccc1O)NCc1ccc(C)cc1OCCCOC. The molecule has 0 aliphatic carbocycles. The summed E-state index contributed by atoms with van der Waals surface area (Å²) in [6, 6.07) is 11.3. The lowest BCUT2D eigenvalue weighted by Gasteiger charge is -2.15. The second-order valence-electron chi connectivity index (χ2n) is 6.85. The van der Waals surface area contributed by atoms with Crippen LogP contribution in [-0.2, 0) is 17.8 Å². The maximum atomic E-state index is 10.1. The molecule has 2 aromatic carbocycles. The van der Waals surface area contributed by atoms with Crippen LogP contribution in [0.2, 0.25) is 0 Å². The maximum Gasteiger partial charge on any atom is 0.191 e. The first-order valence-corrected chi connectivity index (χ1v) is 10.2. The molecule has 0 saturated carbocycles. The van der Waals surface area contributed by atoms with Gasteiger partial charge < -0.3 is 30.0 Å². The van der Waals surface area contributed by atoms with E-state index >= 15 is 0 Å². The van der Waals surface area contributed by atoms with Crippen LogP contribution in [0.4, 0.5) is 0 Å². The van der Waals surface area contributed by atoms with E-state index in [4.69, 9.17) is 14.2 Å². The van der Waals surface area contributed by atoms with Gasteiger partial charge in [0.1, 0.15) is 17.2 Å². The number of hydrogen-bond acceptors (Lipinski definition) is 5. The summed E-state index contributed by atoms with van der Waals surface area (Å²) in [7, 11) is 3.29. The molecule has 0 spiro atoms. The molecule has 30 heavy (non-hydrogen) atoms. The van der Waals surface area contributed by atoms with Crippen molar-refractivity contribution in [1.82, 2.24) is 10.6 Å². The predicted molar refractivity (Wildman–Crippen MR) is 119 cm³/mol. The molecule has 0 aromatic heterocycles. The van der Waals surface area contributed by atoms with Crippen LogP contribution in [0.25, 0.3) is 0 Å². The third-order valence-corrected chi connectivity index (χ3v) is 4.46. The molecule has 7 nitrogen and oxygen atoms in total. The number of nitrogens with zero attached hydrogens (tertiary/aromatic N) is 1. The molecule has 0 saturated heterocycles. The fraction of sp³-hybridized carbons (Fsp3) is 0.435. The van der Waals surface area contributed by atoms with Gasteiger partial charge in [0.05, 0.1) is 20.3 Å². The largest absolute Gasteiger partial charge is 0.508 e. The zero-order chi connectivity index (χ0) is 21.8. The van der Waals surface area contributed by atoms with E-state index in [-0.39, 0.29) is 5.75 Å². The lowest BCUT2D eigenvalue weighted by molar-refractivity contribution is 0.171. The van der Waals surface area contributed by atoms with Crippen molar-refractivity contribution in [2.24, 2.45) is 4.99 Å². The Bertz CT molecular complexity index is 824. The molecule has 0 heterocycles. The first-order valence-electron chi connectivity index (χ1n) is 10.2. The summed E-state index contributed by atoms with van der Waals surface area (Å²) in [6.45, 7) is 6.95. The van der Waals surface area contributed by atoms with Crippen molar-refractivity contribution >= 4 is 5.96 Å². The van der Waals surface area contributed by atoms with Crippen molar-refractivity contribution in [2.45, 2.75) is 33.4 Å². The number of ether oxygens (including phenoxy) is 3. The minimum absolute atomic E-state index is 0.195. The van der Waals surface area contributed by atoms with E-state index in [1.165, 1.54) is 0 Å². The van der Waals surface area contributed by atoms with Crippen LogP contribution < -0.4 is 20.1 Å². The Balaban J connectivity index is 2.06. The van der Waals surface area contributed by atoms with Gasteiger partial charge in [0.15, 0.2) is 5.96 Å². The molecule has 0 radical (unpaired) electrons. The predicted octanol–water partition coefficient (Wildman–Crippen LogP) is 3.38. The van der Waals surface area contributed by atoms with Crippen LogP contribution in [0, 0.1) is 6.92 Å². The van der Waals surface area contributed by atoms with Gasteiger partial charge in [-0.1, -0.05) is 12.1 Å². The average molecular weight is 416 g/mol. The van der Waals surface area contributed by atoms with E-state index in [2.05, 4.69) is 27.8 Å². The lowest BCUT2D eigenvalue weighted by Crippen LogP contribution is -2.36. The summed E-state index contributed by atoms with van der Waals surface area (Å²) in [6.07, 6.45) is 0.839. The van der Waals surface area contributed by atoms with Crippen LogP contribution in [-0.4, -0.2) is 45.0 Å². The maximum absolute atomic E-state index is 10.1. The number of nitrogens with one attached hydrogen (secondary N) is 2. The van der Waals surface area contributed by atoms with Crippen molar-refractivity contribution in [2.75, 3.05) is 34.0 Å². The minimum atomic E-state index is 0.195. The molecule has 164 valence electrons. The highest BCUT2D eigenvalue weighted by Gasteiger charge is 2.07. The zero-order valence-corrected chi connectivity index (χ0v) is 18.3. The van der Waals surface area contributed by atoms with E-state index in [9.17, 15) is 5.11 Å². The van der Waals surface area contributed by atoms with Gasteiger partial charge in [-0.15, -0.1) is 0 Å². The normalized spacial score (nSPS) is 11.3. The smallest absolute Gasteiger partial charge is 0.191 e. The Labute approximate surface area is 179 Å². The zero-order valence-electron chi connectivity index (χ0n) is 18.3. The number of hydrogen-bond donors (Lipinski definition) is 3. The molecule has 0 fully saturated rings. The van der Waals surface area contributed by atoms with Gasteiger partial charge in [-0.2, -0.15) is 0 Å². The molecule has 2 aromatic rings. The van der Waals surface area contributed by atoms with Gasteiger partial charge in [0, 0.05) is 44.4 Å². The summed E-state index contributed by atoms with van der Waals surface area (Å²) in [4.78, 5) is 4.59. The molecule has 7 heteroatoms. The monoisotopic (exact) mass is 415 g/mol. The van der Waals surface area contributed by atoms with Crippen molar-refractivity contribution in [1.29, 1.82) is 0 Å². The van der Waals surface area contributed by atoms with Crippen molar-refractivity contribution in [3.05, 3.63) is 53.1 Å². The van der Waals surface area contributed by atoms with E-state index in [0.29, 0.717) is 43.6 Å². The molecule has 0 atom stereocenters. The van der Waals surface area contributed by atoms with Crippen molar-refractivity contribution in [3.63, 3.8) is 0 Å². The number of methoxy groups -OCH3 is 2. The third-order valence-electron chi connectivity index (χ3n) is 4.46. The fourth-order valence-corrected chi connectivity index (χ4v) is 2.83. The summed E-state index contributed by atoms with van der Waals surface area (Å²) in [5.41, 5.74) is 2.89. The summed E-state index contributed by atoms with van der Waals surface area (Å²) in [5.74, 6) is 2.40. The van der Waals surface area contributed by atoms with Gasteiger partial charge in [-0.25, -0.2) is 4.99 Å². The van der Waals surface area contributed by atoms with Crippen molar-refractivity contribution in [3.8, 4) is 17.2 Å².